The van der Waals surface area contributed by atoms with Crippen LogP contribution in [-0.4, -0.2) is 34.2 Å². The van der Waals surface area contributed by atoms with Crippen LogP contribution < -0.4 is 0 Å². The molecular formula is C11H11Cl3O5S. The number of esters is 1. The molecule has 0 atom stereocenters. The Kier molecular flexibility index (Phi) is 6.54. The number of benzene rings is 1. The van der Waals surface area contributed by atoms with Gasteiger partial charge < -0.3 is 9.47 Å². The second-order valence-corrected chi connectivity index (χ2v) is 6.88. The van der Waals surface area contributed by atoms with Crippen molar-refractivity contribution in [1.29, 1.82) is 0 Å². The largest absolute Gasteiger partial charge is 0.460 e. The van der Waals surface area contributed by atoms with Gasteiger partial charge in [-0.05, 0) is 19.1 Å². The van der Waals surface area contributed by atoms with Gasteiger partial charge in [0.15, 0.2) is 0 Å². The predicted molar refractivity (Wildman–Crippen MR) is 76.3 cm³/mol. The van der Waals surface area contributed by atoms with E-state index in [9.17, 15) is 13.2 Å². The van der Waals surface area contributed by atoms with E-state index in [0.29, 0.717) is 6.61 Å². The Morgan fingerprint density at radius 3 is 2.40 bits per heavy atom. The molecule has 112 valence electrons. The van der Waals surface area contributed by atoms with Crippen molar-refractivity contribution in [2.45, 2.75) is 11.8 Å². The van der Waals surface area contributed by atoms with Gasteiger partial charge in [-0.3, -0.25) is 0 Å². The summed E-state index contributed by atoms with van der Waals surface area (Å²) in [6.07, 6.45) is 0. The summed E-state index contributed by atoms with van der Waals surface area (Å²) >= 11 is 11.5. The van der Waals surface area contributed by atoms with Gasteiger partial charge in [0.25, 0.3) is 9.05 Å². The minimum Gasteiger partial charge on any atom is -0.460 e. The monoisotopic (exact) mass is 360 g/mol. The van der Waals surface area contributed by atoms with Gasteiger partial charge in [-0.2, -0.15) is 0 Å². The molecule has 0 unspecified atom stereocenters. The summed E-state index contributed by atoms with van der Waals surface area (Å²) < 4.78 is 32.5. The van der Waals surface area contributed by atoms with Gasteiger partial charge in [-0.1, -0.05) is 23.2 Å². The second-order valence-electron chi connectivity index (χ2n) is 3.53. The van der Waals surface area contributed by atoms with E-state index in [0.717, 1.165) is 12.1 Å². The van der Waals surface area contributed by atoms with Crippen LogP contribution in [0.3, 0.4) is 0 Å². The molecule has 0 aliphatic rings. The van der Waals surface area contributed by atoms with Crippen LogP contribution in [0.15, 0.2) is 17.0 Å². The summed E-state index contributed by atoms with van der Waals surface area (Å²) in [5.74, 6) is -0.784. The molecule has 0 aromatic heterocycles. The first-order chi connectivity index (χ1) is 9.27. The Morgan fingerprint density at radius 2 is 1.85 bits per heavy atom. The van der Waals surface area contributed by atoms with Crippen LogP contribution >= 0.6 is 33.9 Å². The van der Waals surface area contributed by atoms with Crippen molar-refractivity contribution < 1.29 is 22.7 Å². The number of carbonyl (C=O) groups is 1. The first-order valence-electron chi connectivity index (χ1n) is 5.46. The molecule has 0 amide bonds. The van der Waals surface area contributed by atoms with Crippen LogP contribution in [0.5, 0.6) is 0 Å². The quantitative estimate of drug-likeness (QED) is 0.442. The average Bonchev–Trinajstić information content (AvgIpc) is 2.32. The fraction of sp³-hybridized carbons (Fsp3) is 0.364. The highest BCUT2D eigenvalue weighted by atomic mass is 35.7. The summed E-state index contributed by atoms with van der Waals surface area (Å²) in [5.41, 5.74) is -0.133. The number of carbonyl (C=O) groups excluding carboxylic acids is 1. The summed E-state index contributed by atoms with van der Waals surface area (Å²) in [6, 6.07) is 2.10. The van der Waals surface area contributed by atoms with Crippen LogP contribution in [0, 0.1) is 0 Å². The van der Waals surface area contributed by atoms with Gasteiger partial charge in [-0.25, -0.2) is 13.2 Å². The fourth-order valence-corrected chi connectivity index (χ4v) is 3.10. The van der Waals surface area contributed by atoms with E-state index in [1.807, 2.05) is 0 Å². The van der Waals surface area contributed by atoms with E-state index in [-0.39, 0.29) is 28.8 Å². The van der Waals surface area contributed by atoms with Crippen molar-refractivity contribution in [2.24, 2.45) is 0 Å². The lowest BCUT2D eigenvalue weighted by atomic mass is 10.2. The molecule has 0 heterocycles. The molecule has 0 aliphatic heterocycles. The zero-order valence-corrected chi connectivity index (χ0v) is 13.4. The molecule has 0 N–H and O–H groups in total. The molecule has 0 aliphatic carbocycles. The molecule has 1 aromatic rings. The average molecular weight is 362 g/mol. The maximum atomic E-state index is 11.8. The lowest BCUT2D eigenvalue weighted by molar-refractivity contribution is 0.0335. The van der Waals surface area contributed by atoms with Crippen molar-refractivity contribution >= 4 is 48.9 Å². The molecule has 0 saturated heterocycles. The van der Waals surface area contributed by atoms with Crippen molar-refractivity contribution in [2.75, 3.05) is 19.8 Å². The third-order valence-electron chi connectivity index (χ3n) is 2.17. The van der Waals surface area contributed by atoms with Crippen LogP contribution in [0.25, 0.3) is 0 Å². The third kappa shape index (κ3) is 4.79. The minimum atomic E-state index is -4.09. The lowest BCUT2D eigenvalue weighted by Crippen LogP contribution is -2.12. The standard InChI is InChI=1S/C11H11Cl3O5S/c1-2-18-3-4-19-11(15)7-5-10(20(14,16)17)9(13)6-8(7)12/h5-6H,2-4H2,1H3. The zero-order chi connectivity index (χ0) is 15.3. The summed E-state index contributed by atoms with van der Waals surface area (Å²) in [5, 5.41) is -0.198. The molecular weight excluding hydrogens is 351 g/mol. The van der Waals surface area contributed by atoms with Gasteiger partial charge >= 0.3 is 5.97 Å². The smallest absolute Gasteiger partial charge is 0.339 e. The Balaban J connectivity index is 2.98. The van der Waals surface area contributed by atoms with E-state index in [4.69, 9.17) is 43.4 Å². The van der Waals surface area contributed by atoms with Gasteiger partial charge in [0.05, 0.1) is 22.2 Å². The first-order valence-corrected chi connectivity index (χ1v) is 8.52. The van der Waals surface area contributed by atoms with Crippen molar-refractivity contribution in [1.82, 2.24) is 0 Å². The maximum absolute atomic E-state index is 11.8. The number of hydrogen-bond acceptors (Lipinski definition) is 5. The number of hydrogen-bond donors (Lipinski definition) is 0. The number of rotatable bonds is 6. The van der Waals surface area contributed by atoms with E-state index >= 15 is 0 Å². The summed E-state index contributed by atoms with van der Waals surface area (Å²) in [7, 11) is 1.12. The van der Waals surface area contributed by atoms with E-state index in [1.165, 1.54) is 0 Å². The third-order valence-corrected chi connectivity index (χ3v) is 4.27. The number of ether oxygens (including phenoxy) is 2. The predicted octanol–water partition coefficient (Wildman–Crippen LogP) is 3.11. The molecule has 0 fully saturated rings. The summed E-state index contributed by atoms with van der Waals surface area (Å²) in [4.78, 5) is 11.4. The minimum absolute atomic E-state index is 0.0224. The maximum Gasteiger partial charge on any atom is 0.339 e. The van der Waals surface area contributed by atoms with Crippen molar-refractivity contribution in [3.05, 3.63) is 27.7 Å². The fourth-order valence-electron chi connectivity index (χ4n) is 1.29. The Hall–Kier alpha value is -0.530. The molecule has 9 heteroatoms. The molecule has 1 aromatic carbocycles. The highest BCUT2D eigenvalue weighted by Crippen LogP contribution is 2.31. The Bertz CT molecular complexity index is 600. The molecule has 5 nitrogen and oxygen atoms in total. The van der Waals surface area contributed by atoms with Crippen LogP contribution in [0.1, 0.15) is 17.3 Å². The Labute approximate surface area is 131 Å². The molecule has 20 heavy (non-hydrogen) atoms. The highest BCUT2D eigenvalue weighted by molar-refractivity contribution is 8.13. The van der Waals surface area contributed by atoms with Gasteiger partial charge in [0.2, 0.25) is 0 Å². The highest BCUT2D eigenvalue weighted by Gasteiger charge is 2.21. The van der Waals surface area contributed by atoms with Crippen LogP contribution in [0.4, 0.5) is 0 Å². The molecule has 0 spiro atoms. The molecule has 0 bridgehead atoms. The topological polar surface area (TPSA) is 69.7 Å². The zero-order valence-electron chi connectivity index (χ0n) is 10.4. The first kappa shape index (κ1) is 17.5. The van der Waals surface area contributed by atoms with E-state index in [2.05, 4.69) is 0 Å². The molecule has 0 radical (unpaired) electrons. The van der Waals surface area contributed by atoms with Crippen LogP contribution in [0.2, 0.25) is 10.0 Å². The van der Waals surface area contributed by atoms with E-state index in [1.54, 1.807) is 6.92 Å². The van der Waals surface area contributed by atoms with Crippen molar-refractivity contribution in [3.63, 3.8) is 0 Å². The van der Waals surface area contributed by atoms with Gasteiger partial charge in [0.1, 0.15) is 11.5 Å². The SMILES string of the molecule is CCOCCOC(=O)c1cc(S(=O)(=O)Cl)c(Cl)cc1Cl. The van der Waals surface area contributed by atoms with Crippen molar-refractivity contribution in [3.8, 4) is 0 Å². The van der Waals surface area contributed by atoms with Gasteiger partial charge in [0, 0.05) is 17.3 Å². The van der Waals surface area contributed by atoms with Crippen LogP contribution in [-0.2, 0) is 18.5 Å². The normalized spacial score (nSPS) is 11.4. The lowest BCUT2D eigenvalue weighted by Gasteiger charge is -2.08. The number of halogens is 3. The van der Waals surface area contributed by atoms with E-state index < -0.39 is 19.9 Å². The second kappa shape index (κ2) is 7.47. The summed E-state index contributed by atoms with van der Waals surface area (Å²) in [6.45, 7) is 2.55. The van der Waals surface area contributed by atoms with Gasteiger partial charge in [-0.15, -0.1) is 0 Å². The molecule has 1 rings (SSSR count). The Morgan fingerprint density at radius 1 is 1.20 bits per heavy atom. The molecule has 0 saturated carbocycles.